The Morgan fingerprint density at radius 2 is 1.86 bits per heavy atom. The molecule has 1 aliphatic rings. The summed E-state index contributed by atoms with van der Waals surface area (Å²) >= 11 is 0. The molecule has 7 heteroatoms. The summed E-state index contributed by atoms with van der Waals surface area (Å²) in [6, 6.07) is 5.59. The van der Waals surface area contributed by atoms with Crippen molar-refractivity contribution in [2.75, 3.05) is 25.2 Å². The number of nitrogens with zero attached hydrogens (tertiary/aromatic N) is 2. The molecule has 0 aliphatic carbocycles. The molecule has 1 fully saturated rings. The van der Waals surface area contributed by atoms with Crippen molar-refractivity contribution in [3.8, 4) is 5.75 Å². The number of carbonyl (C=O) groups is 3. The molecule has 154 valence electrons. The van der Waals surface area contributed by atoms with E-state index in [2.05, 4.69) is 0 Å². The molecule has 0 bridgehead atoms. The van der Waals surface area contributed by atoms with Gasteiger partial charge in [-0.25, -0.2) is 0 Å². The van der Waals surface area contributed by atoms with E-state index in [0.717, 1.165) is 5.56 Å². The van der Waals surface area contributed by atoms with Gasteiger partial charge in [-0.2, -0.15) is 0 Å². The van der Waals surface area contributed by atoms with Gasteiger partial charge in [0.15, 0.2) is 6.61 Å². The lowest BCUT2D eigenvalue weighted by Crippen LogP contribution is -2.44. The molecule has 1 heterocycles. The number of esters is 1. The molecule has 0 saturated carbocycles. The summed E-state index contributed by atoms with van der Waals surface area (Å²) in [5, 5.41) is 0. The number of carbonyl (C=O) groups excluding carboxylic acids is 3. The first kappa shape index (κ1) is 21.7. The first-order chi connectivity index (χ1) is 13.1. The highest BCUT2D eigenvalue weighted by Gasteiger charge is 2.37. The Balaban J connectivity index is 2.02. The standard InChI is InChI=1S/C21H30N2O5/c1-13(2)23(14(3)4)20(25)12-28-21(26)16-10-19(24)22(11-16)17-9-15(5)7-8-18(17)27-6/h7-9,13-14,16H,10-12H2,1-6H3/t16-/m1/s1. The fourth-order valence-corrected chi connectivity index (χ4v) is 3.61. The molecule has 1 atom stereocenters. The van der Waals surface area contributed by atoms with Crippen molar-refractivity contribution in [1.29, 1.82) is 0 Å². The largest absolute Gasteiger partial charge is 0.495 e. The molecular weight excluding hydrogens is 360 g/mol. The van der Waals surface area contributed by atoms with Gasteiger partial charge in [0.2, 0.25) is 5.91 Å². The predicted octanol–water partition coefficient (Wildman–Crippen LogP) is 2.55. The minimum Gasteiger partial charge on any atom is -0.495 e. The number of hydrogen-bond donors (Lipinski definition) is 0. The van der Waals surface area contributed by atoms with Crippen molar-refractivity contribution in [1.82, 2.24) is 4.90 Å². The molecule has 0 radical (unpaired) electrons. The highest BCUT2D eigenvalue weighted by molar-refractivity contribution is 6.00. The van der Waals surface area contributed by atoms with Crippen molar-refractivity contribution >= 4 is 23.5 Å². The van der Waals surface area contributed by atoms with Gasteiger partial charge in [-0.05, 0) is 52.3 Å². The molecule has 1 saturated heterocycles. The van der Waals surface area contributed by atoms with Gasteiger partial charge in [0.25, 0.3) is 5.91 Å². The van der Waals surface area contributed by atoms with E-state index in [1.54, 1.807) is 23.0 Å². The average Bonchev–Trinajstić information content (AvgIpc) is 3.00. The Bertz CT molecular complexity index is 736. The van der Waals surface area contributed by atoms with Crippen LogP contribution in [-0.4, -0.2) is 55.0 Å². The lowest BCUT2D eigenvalue weighted by Gasteiger charge is -2.30. The van der Waals surface area contributed by atoms with Crippen LogP contribution in [0.3, 0.4) is 0 Å². The first-order valence-electron chi connectivity index (χ1n) is 9.58. The monoisotopic (exact) mass is 390 g/mol. The highest BCUT2D eigenvalue weighted by atomic mass is 16.5. The number of hydrogen-bond acceptors (Lipinski definition) is 5. The van der Waals surface area contributed by atoms with E-state index in [1.807, 2.05) is 46.8 Å². The van der Waals surface area contributed by atoms with Gasteiger partial charge in [0, 0.05) is 25.0 Å². The maximum Gasteiger partial charge on any atom is 0.311 e. The van der Waals surface area contributed by atoms with E-state index >= 15 is 0 Å². The van der Waals surface area contributed by atoms with Gasteiger partial charge in [0.1, 0.15) is 5.75 Å². The number of rotatable bonds is 7. The van der Waals surface area contributed by atoms with Gasteiger partial charge in [0.05, 0.1) is 18.7 Å². The zero-order valence-electron chi connectivity index (χ0n) is 17.5. The molecule has 1 aromatic rings. The van der Waals surface area contributed by atoms with E-state index in [1.165, 1.54) is 0 Å². The van der Waals surface area contributed by atoms with Gasteiger partial charge < -0.3 is 19.3 Å². The first-order valence-corrected chi connectivity index (χ1v) is 9.58. The summed E-state index contributed by atoms with van der Waals surface area (Å²) < 4.78 is 10.6. The van der Waals surface area contributed by atoms with Crippen LogP contribution >= 0.6 is 0 Å². The zero-order chi connectivity index (χ0) is 21.0. The number of ether oxygens (including phenoxy) is 2. The summed E-state index contributed by atoms with van der Waals surface area (Å²) in [6.45, 7) is 9.50. The second-order valence-electron chi connectivity index (χ2n) is 7.68. The normalized spacial score (nSPS) is 16.6. The van der Waals surface area contributed by atoms with Crippen LogP contribution in [0.15, 0.2) is 18.2 Å². The third-order valence-electron chi connectivity index (χ3n) is 4.82. The molecule has 28 heavy (non-hydrogen) atoms. The third-order valence-corrected chi connectivity index (χ3v) is 4.82. The molecule has 7 nitrogen and oxygen atoms in total. The van der Waals surface area contributed by atoms with Crippen molar-refractivity contribution in [2.45, 2.75) is 53.1 Å². The summed E-state index contributed by atoms with van der Waals surface area (Å²) in [5.74, 6) is -0.948. The molecule has 2 rings (SSSR count). The quantitative estimate of drug-likeness (QED) is 0.669. The minimum atomic E-state index is -0.600. The number of aryl methyl sites for hydroxylation is 1. The Hall–Kier alpha value is -2.57. The summed E-state index contributed by atoms with van der Waals surface area (Å²) in [4.78, 5) is 40.5. The summed E-state index contributed by atoms with van der Waals surface area (Å²) in [7, 11) is 1.54. The maximum atomic E-state index is 12.5. The minimum absolute atomic E-state index is 0.0172. The van der Waals surface area contributed by atoms with Gasteiger partial charge in [-0.1, -0.05) is 6.07 Å². The Morgan fingerprint density at radius 1 is 1.21 bits per heavy atom. The highest BCUT2D eigenvalue weighted by Crippen LogP contribution is 2.34. The van der Waals surface area contributed by atoms with Crippen LogP contribution in [0, 0.1) is 12.8 Å². The molecule has 2 amide bonds. The van der Waals surface area contributed by atoms with E-state index < -0.39 is 11.9 Å². The summed E-state index contributed by atoms with van der Waals surface area (Å²) in [5.41, 5.74) is 1.63. The molecule has 1 aliphatic heterocycles. The SMILES string of the molecule is COc1ccc(C)cc1N1C[C@H](C(=O)OCC(=O)N(C(C)C)C(C)C)CC1=O. The van der Waals surface area contributed by atoms with E-state index in [0.29, 0.717) is 11.4 Å². The Morgan fingerprint density at radius 3 is 2.43 bits per heavy atom. The van der Waals surface area contributed by atoms with Crippen LogP contribution in [0.25, 0.3) is 0 Å². The third kappa shape index (κ3) is 4.82. The smallest absolute Gasteiger partial charge is 0.311 e. The summed E-state index contributed by atoms with van der Waals surface area (Å²) in [6.07, 6.45) is 0.0577. The Kier molecular flexibility index (Phi) is 7.05. The molecular formula is C21H30N2O5. The second-order valence-corrected chi connectivity index (χ2v) is 7.68. The second kappa shape index (κ2) is 9.08. The van der Waals surface area contributed by atoms with Crippen LogP contribution in [0.2, 0.25) is 0 Å². The molecule has 0 aromatic heterocycles. The predicted molar refractivity (Wildman–Crippen MR) is 106 cm³/mol. The van der Waals surface area contributed by atoms with Gasteiger partial charge >= 0.3 is 5.97 Å². The lowest BCUT2D eigenvalue weighted by molar-refractivity contribution is -0.156. The maximum absolute atomic E-state index is 12.5. The van der Waals surface area contributed by atoms with Crippen LogP contribution in [0.4, 0.5) is 5.69 Å². The molecule has 0 unspecified atom stereocenters. The molecule has 1 aromatic carbocycles. The van der Waals surface area contributed by atoms with Gasteiger partial charge in [-0.15, -0.1) is 0 Å². The number of amides is 2. The van der Waals surface area contributed by atoms with Gasteiger partial charge in [-0.3, -0.25) is 14.4 Å². The fourth-order valence-electron chi connectivity index (χ4n) is 3.61. The van der Waals surface area contributed by atoms with Crippen LogP contribution in [-0.2, 0) is 19.1 Å². The van der Waals surface area contributed by atoms with Crippen molar-refractivity contribution in [3.63, 3.8) is 0 Å². The van der Waals surface area contributed by atoms with E-state index in [-0.39, 0.29) is 43.5 Å². The van der Waals surface area contributed by atoms with Crippen molar-refractivity contribution in [2.24, 2.45) is 5.92 Å². The number of anilines is 1. The lowest BCUT2D eigenvalue weighted by atomic mass is 10.1. The van der Waals surface area contributed by atoms with Crippen LogP contribution in [0.1, 0.15) is 39.7 Å². The van der Waals surface area contributed by atoms with E-state index in [9.17, 15) is 14.4 Å². The van der Waals surface area contributed by atoms with Crippen LogP contribution < -0.4 is 9.64 Å². The number of benzene rings is 1. The number of methoxy groups -OCH3 is 1. The average molecular weight is 390 g/mol. The Labute approximate surface area is 166 Å². The van der Waals surface area contributed by atoms with E-state index in [4.69, 9.17) is 9.47 Å². The van der Waals surface area contributed by atoms with Crippen molar-refractivity contribution < 1.29 is 23.9 Å². The topological polar surface area (TPSA) is 76.2 Å². The molecule has 0 spiro atoms. The van der Waals surface area contributed by atoms with Crippen LogP contribution in [0.5, 0.6) is 5.75 Å². The zero-order valence-corrected chi connectivity index (χ0v) is 17.5. The van der Waals surface area contributed by atoms with Crippen molar-refractivity contribution in [3.05, 3.63) is 23.8 Å². The molecule has 0 N–H and O–H groups in total. The fraction of sp³-hybridized carbons (Fsp3) is 0.571.